The molecule has 2 rings (SSSR count). The van der Waals surface area contributed by atoms with E-state index < -0.39 is 11.9 Å². The van der Waals surface area contributed by atoms with Gasteiger partial charge in [-0.3, -0.25) is 4.79 Å². The highest BCUT2D eigenvalue weighted by atomic mass is 16.2. The number of anilines is 2. The molecule has 1 unspecified atom stereocenters. The normalized spacial score (nSPS) is 11.6. The van der Waals surface area contributed by atoms with Gasteiger partial charge in [0.25, 0.3) is 0 Å². The third-order valence-electron chi connectivity index (χ3n) is 3.27. The zero-order chi connectivity index (χ0) is 17.5. The number of carbonyl (C=O) groups is 2. The molecule has 126 valence electrons. The zero-order valence-corrected chi connectivity index (χ0v) is 13.7. The number of hydrogen-bond donors (Lipinski definition) is 4. The molecule has 0 aliphatic heterocycles. The van der Waals surface area contributed by atoms with E-state index in [1.807, 2.05) is 50.2 Å². The smallest absolute Gasteiger partial charge is 0.319 e. The Morgan fingerprint density at radius 1 is 0.958 bits per heavy atom. The molecule has 0 aromatic heterocycles. The molecule has 0 heterocycles. The summed E-state index contributed by atoms with van der Waals surface area (Å²) in [5.41, 5.74) is 7.59. The monoisotopic (exact) mass is 326 g/mol. The van der Waals surface area contributed by atoms with Gasteiger partial charge in [-0.05, 0) is 37.6 Å². The Morgan fingerprint density at radius 3 is 2.25 bits per heavy atom. The summed E-state index contributed by atoms with van der Waals surface area (Å²) in [6.45, 7) is 3.77. The maximum absolute atomic E-state index is 11.8. The van der Waals surface area contributed by atoms with E-state index in [9.17, 15) is 9.59 Å². The SMILES string of the molecule is CC(C)NC(=O)Nc1cccc(NC(C(N)=O)c2ccccc2)c1. The van der Waals surface area contributed by atoms with E-state index in [0.29, 0.717) is 11.4 Å². The molecule has 0 spiro atoms. The van der Waals surface area contributed by atoms with Gasteiger partial charge < -0.3 is 21.7 Å². The summed E-state index contributed by atoms with van der Waals surface area (Å²) < 4.78 is 0. The van der Waals surface area contributed by atoms with Crippen LogP contribution in [0.1, 0.15) is 25.5 Å². The van der Waals surface area contributed by atoms with Crippen LogP contribution in [-0.4, -0.2) is 18.0 Å². The van der Waals surface area contributed by atoms with E-state index in [2.05, 4.69) is 16.0 Å². The molecule has 0 bridgehead atoms. The van der Waals surface area contributed by atoms with E-state index in [4.69, 9.17) is 5.73 Å². The highest BCUT2D eigenvalue weighted by Gasteiger charge is 2.17. The molecule has 0 saturated carbocycles. The van der Waals surface area contributed by atoms with Gasteiger partial charge in [-0.15, -0.1) is 0 Å². The predicted octanol–water partition coefficient (Wildman–Crippen LogP) is 2.86. The minimum absolute atomic E-state index is 0.0450. The highest BCUT2D eigenvalue weighted by molar-refractivity contribution is 5.90. The van der Waals surface area contributed by atoms with Crippen molar-refractivity contribution in [3.05, 3.63) is 60.2 Å². The molecular formula is C18H22N4O2. The third-order valence-corrected chi connectivity index (χ3v) is 3.27. The number of hydrogen-bond acceptors (Lipinski definition) is 3. The summed E-state index contributed by atoms with van der Waals surface area (Å²) in [4.78, 5) is 23.5. The Morgan fingerprint density at radius 2 is 1.62 bits per heavy atom. The molecule has 0 saturated heterocycles. The lowest BCUT2D eigenvalue weighted by Crippen LogP contribution is -2.34. The van der Waals surface area contributed by atoms with Crippen LogP contribution in [0.5, 0.6) is 0 Å². The Labute approximate surface area is 141 Å². The van der Waals surface area contributed by atoms with Crippen molar-refractivity contribution in [3.63, 3.8) is 0 Å². The lowest BCUT2D eigenvalue weighted by molar-refractivity contribution is -0.118. The van der Waals surface area contributed by atoms with Crippen molar-refractivity contribution in [2.24, 2.45) is 5.73 Å². The van der Waals surface area contributed by atoms with Crippen molar-refractivity contribution in [1.82, 2.24) is 5.32 Å². The maximum Gasteiger partial charge on any atom is 0.319 e. The first kappa shape index (κ1) is 17.3. The van der Waals surface area contributed by atoms with Crippen LogP contribution >= 0.6 is 0 Å². The van der Waals surface area contributed by atoms with Crippen LogP contribution in [0.25, 0.3) is 0 Å². The summed E-state index contributed by atoms with van der Waals surface area (Å²) in [6, 6.07) is 15.5. The molecule has 0 aliphatic carbocycles. The third kappa shape index (κ3) is 5.01. The Hall–Kier alpha value is -3.02. The van der Waals surface area contributed by atoms with Crippen molar-refractivity contribution < 1.29 is 9.59 Å². The van der Waals surface area contributed by atoms with Crippen LogP contribution in [0, 0.1) is 0 Å². The first-order chi connectivity index (χ1) is 11.5. The van der Waals surface area contributed by atoms with E-state index in [0.717, 1.165) is 5.56 Å². The summed E-state index contributed by atoms with van der Waals surface area (Å²) in [5, 5.41) is 8.60. The second kappa shape index (κ2) is 8.01. The van der Waals surface area contributed by atoms with Gasteiger partial charge in [-0.1, -0.05) is 36.4 Å². The number of urea groups is 1. The quantitative estimate of drug-likeness (QED) is 0.657. The maximum atomic E-state index is 11.8. The van der Waals surface area contributed by atoms with Crippen molar-refractivity contribution in [3.8, 4) is 0 Å². The average molecular weight is 326 g/mol. The fourth-order valence-electron chi connectivity index (χ4n) is 2.25. The standard InChI is InChI=1S/C18H22N4O2/c1-12(2)20-18(24)22-15-10-6-9-14(11-15)21-16(17(19)23)13-7-4-3-5-8-13/h3-12,16,21H,1-2H3,(H2,19,23)(H2,20,22,24). The van der Waals surface area contributed by atoms with Crippen LogP contribution < -0.4 is 21.7 Å². The van der Waals surface area contributed by atoms with Crippen LogP contribution in [0.3, 0.4) is 0 Å². The summed E-state index contributed by atoms with van der Waals surface area (Å²) in [5.74, 6) is -0.475. The summed E-state index contributed by atoms with van der Waals surface area (Å²) in [6.07, 6.45) is 0. The van der Waals surface area contributed by atoms with Gasteiger partial charge in [0.15, 0.2) is 0 Å². The van der Waals surface area contributed by atoms with Crippen LogP contribution in [0.4, 0.5) is 16.2 Å². The molecule has 0 radical (unpaired) electrons. The molecule has 5 N–H and O–H groups in total. The first-order valence-electron chi connectivity index (χ1n) is 7.74. The van der Waals surface area contributed by atoms with Crippen LogP contribution in [0.2, 0.25) is 0 Å². The number of rotatable bonds is 6. The Balaban J connectivity index is 2.12. The van der Waals surface area contributed by atoms with Crippen LogP contribution in [-0.2, 0) is 4.79 Å². The molecule has 2 aromatic rings. The Bertz CT molecular complexity index is 701. The van der Waals surface area contributed by atoms with Gasteiger partial charge in [0.05, 0.1) is 0 Å². The van der Waals surface area contributed by atoms with E-state index in [1.54, 1.807) is 18.2 Å². The number of amides is 3. The summed E-state index contributed by atoms with van der Waals surface area (Å²) >= 11 is 0. The number of nitrogens with one attached hydrogen (secondary N) is 3. The fraction of sp³-hybridized carbons (Fsp3) is 0.222. The minimum atomic E-state index is -0.647. The van der Waals surface area contributed by atoms with Crippen molar-refractivity contribution in [2.75, 3.05) is 10.6 Å². The minimum Gasteiger partial charge on any atom is -0.370 e. The van der Waals surface area contributed by atoms with E-state index in [1.165, 1.54) is 0 Å². The van der Waals surface area contributed by atoms with Gasteiger partial charge in [-0.25, -0.2) is 4.79 Å². The van der Waals surface area contributed by atoms with Gasteiger partial charge in [-0.2, -0.15) is 0 Å². The number of benzene rings is 2. The largest absolute Gasteiger partial charge is 0.370 e. The van der Waals surface area contributed by atoms with Gasteiger partial charge in [0.2, 0.25) is 5.91 Å². The van der Waals surface area contributed by atoms with Gasteiger partial charge >= 0.3 is 6.03 Å². The zero-order valence-electron chi connectivity index (χ0n) is 13.7. The second-order valence-electron chi connectivity index (χ2n) is 5.72. The van der Waals surface area contributed by atoms with Crippen molar-refractivity contribution in [1.29, 1.82) is 0 Å². The molecule has 0 aliphatic rings. The molecule has 2 aromatic carbocycles. The number of nitrogens with two attached hydrogens (primary N) is 1. The summed E-state index contributed by atoms with van der Waals surface area (Å²) in [7, 11) is 0. The average Bonchev–Trinajstić information content (AvgIpc) is 2.52. The molecule has 1 atom stereocenters. The van der Waals surface area contributed by atoms with Gasteiger partial charge in [0, 0.05) is 17.4 Å². The Kier molecular flexibility index (Phi) is 5.78. The van der Waals surface area contributed by atoms with E-state index in [-0.39, 0.29) is 12.1 Å². The lowest BCUT2D eigenvalue weighted by Gasteiger charge is -2.18. The molecule has 3 amide bonds. The number of primary amides is 1. The fourth-order valence-corrected chi connectivity index (χ4v) is 2.25. The van der Waals surface area contributed by atoms with Crippen molar-refractivity contribution >= 4 is 23.3 Å². The second-order valence-corrected chi connectivity index (χ2v) is 5.72. The van der Waals surface area contributed by atoms with Crippen LogP contribution in [0.15, 0.2) is 54.6 Å². The molecule has 6 nitrogen and oxygen atoms in total. The van der Waals surface area contributed by atoms with E-state index >= 15 is 0 Å². The molecular weight excluding hydrogens is 304 g/mol. The topological polar surface area (TPSA) is 96.2 Å². The molecule has 0 fully saturated rings. The van der Waals surface area contributed by atoms with Gasteiger partial charge in [0.1, 0.15) is 6.04 Å². The lowest BCUT2D eigenvalue weighted by atomic mass is 10.1. The highest BCUT2D eigenvalue weighted by Crippen LogP contribution is 2.22. The molecule has 6 heteroatoms. The molecule has 24 heavy (non-hydrogen) atoms. The van der Waals surface area contributed by atoms with Crippen molar-refractivity contribution in [2.45, 2.75) is 25.9 Å². The first-order valence-corrected chi connectivity index (χ1v) is 7.74. The predicted molar refractivity (Wildman–Crippen MR) is 95.7 cm³/mol. The number of carbonyl (C=O) groups excluding carboxylic acids is 2.